The quantitative estimate of drug-likeness (QED) is 0.542. The molecule has 1 aromatic heterocycles. The second-order valence-electron chi connectivity index (χ2n) is 6.80. The molecule has 0 unspecified atom stereocenters. The van der Waals surface area contributed by atoms with Gasteiger partial charge in [-0.1, -0.05) is 41.4 Å². The third-order valence-corrected chi connectivity index (χ3v) is 6.63. The van der Waals surface area contributed by atoms with Crippen LogP contribution in [0.4, 0.5) is 0 Å². The van der Waals surface area contributed by atoms with E-state index in [1.54, 1.807) is 53.3 Å². The number of carbonyl (C=O) groups excluding carboxylic acids is 2. The van der Waals surface area contributed by atoms with Crippen LogP contribution in [0.15, 0.2) is 65.3 Å². The van der Waals surface area contributed by atoms with E-state index in [9.17, 15) is 9.59 Å². The van der Waals surface area contributed by atoms with E-state index in [1.807, 2.05) is 24.3 Å². The van der Waals surface area contributed by atoms with Gasteiger partial charge in [-0.05, 0) is 47.5 Å². The first-order chi connectivity index (χ1) is 14.5. The second kappa shape index (κ2) is 9.16. The molecule has 8 heteroatoms. The molecule has 0 bridgehead atoms. The lowest BCUT2D eigenvalue weighted by atomic mass is 10.1. The molecule has 2 amide bonds. The zero-order valence-corrected chi connectivity index (χ0v) is 18.1. The Labute approximate surface area is 188 Å². The van der Waals surface area contributed by atoms with Crippen molar-refractivity contribution in [3.63, 3.8) is 0 Å². The van der Waals surface area contributed by atoms with Gasteiger partial charge in [-0.25, -0.2) is 0 Å². The number of benzene rings is 2. The summed E-state index contributed by atoms with van der Waals surface area (Å²) in [4.78, 5) is 26.6. The Morgan fingerprint density at radius 1 is 1.17 bits per heavy atom. The molecular formula is C22H18Cl2N2O3S. The first-order valence-electron chi connectivity index (χ1n) is 9.27. The summed E-state index contributed by atoms with van der Waals surface area (Å²) in [6.07, 6.45) is 1.60. The van der Waals surface area contributed by atoms with Crippen molar-refractivity contribution < 1.29 is 14.0 Å². The second-order valence-corrected chi connectivity index (χ2v) is 8.72. The molecule has 0 saturated carbocycles. The standard InChI is InChI=1S/C22H18Cl2N2O3S/c23-17-8-7-16(19(24)10-17)11-25-21(28)14-3-5-15(6-4-14)22-26(20(27)13-30-22)12-18-2-1-9-29-18/h1-10,22H,11-13H2,(H,25,28)/t22-/m0/s1. The van der Waals surface area contributed by atoms with Gasteiger partial charge in [0.25, 0.3) is 5.91 Å². The molecule has 30 heavy (non-hydrogen) atoms. The van der Waals surface area contributed by atoms with Crippen molar-refractivity contribution in [3.8, 4) is 0 Å². The third-order valence-electron chi connectivity index (χ3n) is 4.79. The van der Waals surface area contributed by atoms with E-state index in [-0.39, 0.29) is 17.2 Å². The van der Waals surface area contributed by atoms with Crippen molar-refractivity contribution in [2.75, 3.05) is 5.75 Å². The van der Waals surface area contributed by atoms with Crippen LogP contribution < -0.4 is 5.32 Å². The van der Waals surface area contributed by atoms with Gasteiger partial charge in [0.05, 0.1) is 18.6 Å². The molecule has 5 nitrogen and oxygen atoms in total. The summed E-state index contributed by atoms with van der Waals surface area (Å²) >= 11 is 13.6. The van der Waals surface area contributed by atoms with E-state index in [4.69, 9.17) is 27.6 Å². The van der Waals surface area contributed by atoms with Crippen LogP contribution in [-0.4, -0.2) is 22.5 Å². The molecule has 1 aliphatic rings. The monoisotopic (exact) mass is 460 g/mol. The summed E-state index contributed by atoms with van der Waals surface area (Å²) in [5, 5.41) is 3.82. The summed E-state index contributed by atoms with van der Waals surface area (Å²) in [5.74, 6) is 1.04. The minimum atomic E-state index is -0.199. The van der Waals surface area contributed by atoms with Crippen LogP contribution in [0, 0.1) is 0 Å². The fourth-order valence-corrected chi connectivity index (χ4v) is 4.88. The molecular weight excluding hydrogens is 443 g/mol. The van der Waals surface area contributed by atoms with Crippen LogP contribution in [0.1, 0.15) is 32.6 Å². The average molecular weight is 461 g/mol. The smallest absolute Gasteiger partial charge is 0.251 e. The van der Waals surface area contributed by atoms with Gasteiger partial charge in [-0.2, -0.15) is 0 Å². The zero-order chi connectivity index (χ0) is 21.1. The number of amides is 2. The molecule has 1 atom stereocenters. The van der Waals surface area contributed by atoms with E-state index in [0.717, 1.165) is 16.9 Å². The number of hydrogen-bond donors (Lipinski definition) is 1. The maximum atomic E-state index is 12.5. The molecule has 3 aromatic rings. The van der Waals surface area contributed by atoms with Crippen molar-refractivity contribution in [2.45, 2.75) is 18.5 Å². The molecule has 1 saturated heterocycles. The van der Waals surface area contributed by atoms with E-state index < -0.39 is 0 Å². The highest BCUT2D eigenvalue weighted by molar-refractivity contribution is 8.00. The molecule has 154 valence electrons. The third kappa shape index (κ3) is 4.67. The SMILES string of the molecule is O=C(NCc1ccc(Cl)cc1Cl)c1ccc([C@@H]2SCC(=O)N2Cc2ccco2)cc1. The summed E-state index contributed by atoms with van der Waals surface area (Å²) in [6, 6.07) is 16.1. The Morgan fingerprint density at radius 2 is 1.97 bits per heavy atom. The number of furan rings is 1. The molecule has 0 spiro atoms. The van der Waals surface area contributed by atoms with Gasteiger partial charge in [0.1, 0.15) is 11.1 Å². The predicted molar refractivity (Wildman–Crippen MR) is 119 cm³/mol. The molecule has 2 aromatic carbocycles. The minimum Gasteiger partial charge on any atom is -0.467 e. The van der Waals surface area contributed by atoms with Crippen LogP contribution in [0.2, 0.25) is 10.0 Å². The van der Waals surface area contributed by atoms with Gasteiger partial charge < -0.3 is 14.6 Å². The topological polar surface area (TPSA) is 62.6 Å². The Hall–Kier alpha value is -2.41. The highest BCUT2D eigenvalue weighted by Crippen LogP contribution is 2.39. The molecule has 0 aliphatic carbocycles. The fourth-order valence-electron chi connectivity index (χ4n) is 3.21. The van der Waals surface area contributed by atoms with E-state index in [2.05, 4.69) is 5.32 Å². The number of carbonyl (C=O) groups is 2. The normalized spacial score (nSPS) is 16.1. The Bertz CT molecular complexity index is 1050. The number of rotatable bonds is 6. The maximum Gasteiger partial charge on any atom is 0.251 e. The Kier molecular flexibility index (Phi) is 6.37. The minimum absolute atomic E-state index is 0.0723. The van der Waals surface area contributed by atoms with Crippen molar-refractivity contribution >= 4 is 46.8 Å². The lowest BCUT2D eigenvalue weighted by Gasteiger charge is -2.23. The average Bonchev–Trinajstić information content (AvgIpc) is 3.38. The van der Waals surface area contributed by atoms with Gasteiger partial charge in [0.2, 0.25) is 5.91 Å². The number of thioether (sulfide) groups is 1. The molecule has 4 rings (SSSR count). The molecule has 0 radical (unpaired) electrons. The van der Waals surface area contributed by atoms with E-state index in [1.165, 1.54) is 0 Å². The summed E-state index contributed by atoms with van der Waals surface area (Å²) in [6.45, 7) is 0.730. The molecule has 1 N–H and O–H groups in total. The van der Waals surface area contributed by atoms with Crippen molar-refractivity contribution in [3.05, 3.63) is 93.4 Å². The highest BCUT2D eigenvalue weighted by atomic mass is 35.5. The highest BCUT2D eigenvalue weighted by Gasteiger charge is 2.33. The van der Waals surface area contributed by atoms with Gasteiger partial charge in [-0.15, -0.1) is 11.8 Å². The van der Waals surface area contributed by atoms with E-state index >= 15 is 0 Å². The number of hydrogen-bond acceptors (Lipinski definition) is 4. The number of halogens is 2. The predicted octanol–water partition coefficient (Wildman–Crippen LogP) is 5.29. The summed E-state index contributed by atoms with van der Waals surface area (Å²) in [5.41, 5.74) is 2.30. The van der Waals surface area contributed by atoms with Crippen molar-refractivity contribution in [1.82, 2.24) is 10.2 Å². The van der Waals surface area contributed by atoms with Crippen molar-refractivity contribution in [1.29, 1.82) is 0 Å². The lowest BCUT2D eigenvalue weighted by molar-refractivity contribution is -0.128. The van der Waals surface area contributed by atoms with Crippen LogP contribution in [0.5, 0.6) is 0 Å². The van der Waals surface area contributed by atoms with Gasteiger partial charge in [0.15, 0.2) is 0 Å². The fraction of sp³-hybridized carbons (Fsp3) is 0.182. The molecule has 2 heterocycles. The lowest BCUT2D eigenvalue weighted by Crippen LogP contribution is -2.27. The van der Waals surface area contributed by atoms with Crippen LogP contribution >= 0.6 is 35.0 Å². The maximum absolute atomic E-state index is 12.5. The van der Waals surface area contributed by atoms with Crippen LogP contribution in [-0.2, 0) is 17.9 Å². The first-order valence-corrected chi connectivity index (χ1v) is 11.1. The largest absolute Gasteiger partial charge is 0.467 e. The Morgan fingerprint density at radius 3 is 2.67 bits per heavy atom. The van der Waals surface area contributed by atoms with Gasteiger partial charge in [0, 0.05) is 22.2 Å². The zero-order valence-electron chi connectivity index (χ0n) is 15.8. The van der Waals surface area contributed by atoms with Crippen LogP contribution in [0.25, 0.3) is 0 Å². The summed E-state index contributed by atoms with van der Waals surface area (Å²) in [7, 11) is 0. The van der Waals surface area contributed by atoms with Gasteiger partial charge >= 0.3 is 0 Å². The van der Waals surface area contributed by atoms with Crippen molar-refractivity contribution in [2.24, 2.45) is 0 Å². The van der Waals surface area contributed by atoms with Gasteiger partial charge in [-0.3, -0.25) is 9.59 Å². The molecule has 1 aliphatic heterocycles. The Balaban J connectivity index is 1.41. The van der Waals surface area contributed by atoms with E-state index in [0.29, 0.717) is 34.5 Å². The summed E-state index contributed by atoms with van der Waals surface area (Å²) < 4.78 is 5.38. The number of nitrogens with one attached hydrogen (secondary N) is 1. The first kappa shape index (κ1) is 20.8. The molecule has 1 fully saturated rings. The van der Waals surface area contributed by atoms with Crippen LogP contribution in [0.3, 0.4) is 0 Å². The number of nitrogens with zero attached hydrogens (tertiary/aromatic N) is 1.